The average molecular weight is 305 g/mol. The van der Waals surface area contributed by atoms with Crippen molar-refractivity contribution in [3.8, 4) is 0 Å². The van der Waals surface area contributed by atoms with Gasteiger partial charge < -0.3 is 10.9 Å². The molecule has 110 valence electrons. The van der Waals surface area contributed by atoms with Gasteiger partial charge in [-0.1, -0.05) is 5.16 Å². The summed E-state index contributed by atoms with van der Waals surface area (Å²) in [6, 6.07) is 1.23. The molecular weight excluding hydrogens is 292 g/mol. The van der Waals surface area contributed by atoms with Crippen LogP contribution in [-0.2, 0) is 10.0 Å². The van der Waals surface area contributed by atoms with Crippen molar-refractivity contribution in [3.05, 3.63) is 29.8 Å². The van der Waals surface area contributed by atoms with Crippen LogP contribution in [0.2, 0.25) is 0 Å². The Morgan fingerprint density at radius 1 is 1.45 bits per heavy atom. The third-order valence-corrected chi connectivity index (χ3v) is 4.47. The molecule has 0 bridgehead atoms. The van der Waals surface area contributed by atoms with Crippen molar-refractivity contribution in [2.75, 3.05) is 0 Å². The predicted molar refractivity (Wildman–Crippen MR) is 66.6 cm³/mol. The van der Waals surface area contributed by atoms with E-state index in [1.807, 2.05) is 0 Å². The second-order valence-corrected chi connectivity index (χ2v) is 6.22. The monoisotopic (exact) mass is 305 g/mol. The second-order valence-electron chi connectivity index (χ2n) is 4.54. The molecule has 0 heterocycles. The van der Waals surface area contributed by atoms with E-state index in [1.54, 1.807) is 0 Å². The van der Waals surface area contributed by atoms with Crippen LogP contribution in [0, 0.1) is 17.6 Å². The largest absolute Gasteiger partial charge is 0.409 e. The normalized spacial score (nSPS) is 18.0. The number of nitrogens with zero attached hydrogens (tertiary/aromatic N) is 1. The summed E-state index contributed by atoms with van der Waals surface area (Å²) >= 11 is 0. The van der Waals surface area contributed by atoms with Gasteiger partial charge in [0.2, 0.25) is 10.0 Å². The minimum absolute atomic E-state index is 0.0933. The van der Waals surface area contributed by atoms with Crippen molar-refractivity contribution in [1.29, 1.82) is 0 Å². The van der Waals surface area contributed by atoms with Crippen LogP contribution >= 0.6 is 0 Å². The highest BCUT2D eigenvalue weighted by Gasteiger charge is 2.37. The van der Waals surface area contributed by atoms with Crippen LogP contribution < -0.4 is 10.5 Å². The highest BCUT2D eigenvalue weighted by molar-refractivity contribution is 7.89. The Balaban J connectivity index is 2.30. The minimum Gasteiger partial charge on any atom is -0.409 e. The van der Waals surface area contributed by atoms with E-state index < -0.39 is 32.6 Å². The Bertz CT molecular complexity index is 644. The van der Waals surface area contributed by atoms with Gasteiger partial charge in [-0.05, 0) is 30.9 Å². The summed E-state index contributed by atoms with van der Waals surface area (Å²) in [5.41, 5.74) is 5.42. The Labute approximate surface area is 114 Å². The van der Waals surface area contributed by atoms with Gasteiger partial charge in [-0.25, -0.2) is 21.9 Å². The molecule has 6 nitrogen and oxygen atoms in total. The number of rotatable bonds is 5. The van der Waals surface area contributed by atoms with Crippen LogP contribution in [0.4, 0.5) is 8.78 Å². The SMILES string of the molecule is NC(=NO)C(NS(=O)(=O)c1ccc(F)cc1F)C1CC1. The van der Waals surface area contributed by atoms with Crippen molar-refractivity contribution in [2.45, 2.75) is 23.8 Å². The van der Waals surface area contributed by atoms with Crippen LogP contribution in [0.25, 0.3) is 0 Å². The summed E-state index contributed by atoms with van der Waals surface area (Å²) in [4.78, 5) is -0.685. The number of nitrogens with one attached hydrogen (secondary N) is 1. The Morgan fingerprint density at radius 2 is 2.10 bits per heavy atom. The van der Waals surface area contributed by atoms with Gasteiger partial charge in [-0.2, -0.15) is 0 Å². The lowest BCUT2D eigenvalue weighted by atomic mass is 10.2. The van der Waals surface area contributed by atoms with Crippen LogP contribution in [0.5, 0.6) is 0 Å². The van der Waals surface area contributed by atoms with Crippen molar-refractivity contribution in [2.24, 2.45) is 16.8 Å². The van der Waals surface area contributed by atoms with E-state index in [0.29, 0.717) is 6.07 Å². The third kappa shape index (κ3) is 3.05. The topological polar surface area (TPSA) is 105 Å². The molecule has 9 heteroatoms. The molecule has 1 aliphatic rings. The molecule has 4 N–H and O–H groups in total. The zero-order chi connectivity index (χ0) is 14.9. The highest BCUT2D eigenvalue weighted by Crippen LogP contribution is 2.33. The predicted octanol–water partition coefficient (Wildman–Crippen LogP) is 0.768. The standard InChI is InChI=1S/C11H13F2N3O3S/c12-7-3-4-9(8(13)5-7)20(18,19)16-10(6-1-2-6)11(14)15-17/h3-6,10,16-17H,1-2H2,(H2,14,15). The van der Waals surface area contributed by atoms with Gasteiger partial charge in [0.25, 0.3) is 0 Å². The molecule has 1 unspecified atom stereocenters. The number of hydrogen-bond acceptors (Lipinski definition) is 4. The van der Waals surface area contributed by atoms with E-state index >= 15 is 0 Å². The van der Waals surface area contributed by atoms with E-state index in [-0.39, 0.29) is 11.8 Å². The molecule has 0 saturated heterocycles. The molecule has 1 fully saturated rings. The quantitative estimate of drug-likeness (QED) is 0.323. The molecule has 1 saturated carbocycles. The van der Waals surface area contributed by atoms with Crippen LogP contribution in [-0.4, -0.2) is 25.5 Å². The maximum atomic E-state index is 13.5. The molecule has 0 radical (unpaired) electrons. The lowest BCUT2D eigenvalue weighted by molar-refractivity contribution is 0.314. The average Bonchev–Trinajstić information content (AvgIpc) is 3.18. The van der Waals surface area contributed by atoms with Crippen molar-refractivity contribution < 1.29 is 22.4 Å². The first-order valence-corrected chi connectivity index (χ1v) is 7.28. The number of sulfonamides is 1. The van der Waals surface area contributed by atoms with E-state index in [1.165, 1.54) is 0 Å². The number of oxime groups is 1. The summed E-state index contributed by atoms with van der Waals surface area (Å²) in [5, 5.41) is 11.4. The number of halogens is 2. The zero-order valence-electron chi connectivity index (χ0n) is 10.3. The molecule has 2 rings (SSSR count). The van der Waals surface area contributed by atoms with Crippen molar-refractivity contribution in [1.82, 2.24) is 4.72 Å². The lowest BCUT2D eigenvalue weighted by Gasteiger charge is -2.17. The third-order valence-electron chi connectivity index (χ3n) is 2.99. The lowest BCUT2D eigenvalue weighted by Crippen LogP contribution is -2.46. The molecule has 1 atom stereocenters. The molecule has 1 aromatic carbocycles. The van der Waals surface area contributed by atoms with Gasteiger partial charge in [0.15, 0.2) is 5.84 Å². The van der Waals surface area contributed by atoms with Gasteiger partial charge in [0, 0.05) is 6.07 Å². The van der Waals surface area contributed by atoms with Gasteiger partial charge in [-0.3, -0.25) is 0 Å². The first-order chi connectivity index (χ1) is 9.35. The fourth-order valence-corrected chi connectivity index (χ4v) is 3.15. The molecule has 0 aromatic heterocycles. The fraction of sp³-hybridized carbons (Fsp3) is 0.364. The number of hydrogen-bond donors (Lipinski definition) is 3. The molecule has 1 aromatic rings. The molecular formula is C11H13F2N3O3S. The van der Waals surface area contributed by atoms with Gasteiger partial charge in [0.1, 0.15) is 16.5 Å². The molecule has 0 spiro atoms. The Kier molecular flexibility index (Phi) is 3.91. The summed E-state index contributed by atoms with van der Waals surface area (Å²) in [6.45, 7) is 0. The first kappa shape index (κ1) is 14.7. The van der Waals surface area contributed by atoms with Crippen LogP contribution in [0.1, 0.15) is 12.8 Å². The first-order valence-electron chi connectivity index (χ1n) is 5.80. The van der Waals surface area contributed by atoms with E-state index in [0.717, 1.165) is 25.0 Å². The van der Waals surface area contributed by atoms with Crippen LogP contribution in [0.3, 0.4) is 0 Å². The van der Waals surface area contributed by atoms with E-state index in [9.17, 15) is 17.2 Å². The minimum atomic E-state index is -4.23. The highest BCUT2D eigenvalue weighted by atomic mass is 32.2. The number of nitrogens with two attached hydrogens (primary N) is 1. The van der Waals surface area contributed by atoms with Crippen molar-refractivity contribution in [3.63, 3.8) is 0 Å². The molecule has 0 aliphatic heterocycles. The number of benzene rings is 1. The number of amidine groups is 1. The summed E-state index contributed by atoms with van der Waals surface area (Å²) < 4.78 is 52.6. The second kappa shape index (κ2) is 5.33. The maximum absolute atomic E-state index is 13.5. The van der Waals surface area contributed by atoms with Gasteiger partial charge in [-0.15, -0.1) is 0 Å². The van der Waals surface area contributed by atoms with E-state index in [4.69, 9.17) is 10.9 Å². The Morgan fingerprint density at radius 3 is 2.60 bits per heavy atom. The fourth-order valence-electron chi connectivity index (χ4n) is 1.81. The zero-order valence-corrected chi connectivity index (χ0v) is 11.1. The van der Waals surface area contributed by atoms with Gasteiger partial charge >= 0.3 is 0 Å². The summed E-state index contributed by atoms with van der Waals surface area (Å²) in [6.07, 6.45) is 1.44. The summed E-state index contributed by atoms with van der Waals surface area (Å²) in [7, 11) is -4.23. The molecule has 20 heavy (non-hydrogen) atoms. The van der Waals surface area contributed by atoms with Crippen molar-refractivity contribution >= 4 is 15.9 Å². The Hall–Kier alpha value is -1.74. The summed E-state index contributed by atoms with van der Waals surface area (Å²) in [5.74, 6) is -2.47. The van der Waals surface area contributed by atoms with E-state index in [2.05, 4.69) is 9.88 Å². The smallest absolute Gasteiger partial charge is 0.244 e. The van der Waals surface area contributed by atoms with Crippen LogP contribution in [0.15, 0.2) is 28.3 Å². The molecule has 0 amide bonds. The molecule has 1 aliphatic carbocycles. The van der Waals surface area contributed by atoms with Gasteiger partial charge in [0.05, 0.1) is 6.04 Å². The maximum Gasteiger partial charge on any atom is 0.244 e.